The quantitative estimate of drug-likeness (QED) is 0.765. The number of sulfonamides is 1. The SMILES string of the molecule is NS(=O)(=O)c1ccccc1C(F)(F)F.O=C(O)C(F)(F)F. The molecular formula is C9H7F6NO4S. The zero-order chi connectivity index (χ0) is 17.1. The third-order valence-corrected chi connectivity index (χ3v) is 2.71. The maximum atomic E-state index is 12.3. The van der Waals surface area contributed by atoms with Crippen LogP contribution in [0.5, 0.6) is 0 Å². The first-order valence-electron chi connectivity index (χ1n) is 4.66. The van der Waals surface area contributed by atoms with Gasteiger partial charge in [0.2, 0.25) is 10.0 Å². The molecule has 0 fully saturated rings. The van der Waals surface area contributed by atoms with Crippen molar-refractivity contribution < 1.29 is 44.7 Å². The number of carboxylic acids is 1. The van der Waals surface area contributed by atoms with E-state index in [1.54, 1.807) is 0 Å². The molecule has 0 unspecified atom stereocenters. The molecule has 0 aliphatic rings. The summed E-state index contributed by atoms with van der Waals surface area (Å²) in [6.07, 6.45) is -9.80. The van der Waals surface area contributed by atoms with E-state index in [9.17, 15) is 34.8 Å². The molecule has 0 radical (unpaired) electrons. The molecule has 12 heteroatoms. The van der Waals surface area contributed by atoms with Gasteiger partial charge in [0.05, 0.1) is 10.5 Å². The van der Waals surface area contributed by atoms with Gasteiger partial charge < -0.3 is 5.11 Å². The fraction of sp³-hybridized carbons (Fsp3) is 0.222. The Bertz CT molecular complexity index is 607. The highest BCUT2D eigenvalue weighted by atomic mass is 32.2. The smallest absolute Gasteiger partial charge is 0.475 e. The van der Waals surface area contributed by atoms with Crippen molar-refractivity contribution in [3.8, 4) is 0 Å². The Kier molecular flexibility index (Phi) is 5.76. The number of hydrogen-bond donors (Lipinski definition) is 2. The third kappa shape index (κ3) is 6.44. The van der Waals surface area contributed by atoms with E-state index in [4.69, 9.17) is 9.90 Å². The summed E-state index contributed by atoms with van der Waals surface area (Å²) in [7, 11) is -4.34. The van der Waals surface area contributed by atoms with Gasteiger partial charge in [-0.25, -0.2) is 18.4 Å². The second-order valence-corrected chi connectivity index (χ2v) is 4.87. The van der Waals surface area contributed by atoms with E-state index >= 15 is 0 Å². The Morgan fingerprint density at radius 2 is 1.43 bits per heavy atom. The van der Waals surface area contributed by atoms with Crippen LogP contribution >= 0.6 is 0 Å². The van der Waals surface area contributed by atoms with Crippen LogP contribution in [0.15, 0.2) is 29.2 Å². The van der Waals surface area contributed by atoms with Crippen molar-refractivity contribution in [3.05, 3.63) is 29.8 Å². The molecule has 0 heterocycles. The molecule has 0 aliphatic heterocycles. The number of halogens is 6. The predicted octanol–water partition coefficient (Wildman–Crippen LogP) is 1.99. The minimum atomic E-state index is -5.08. The van der Waals surface area contributed by atoms with Gasteiger partial charge in [0.25, 0.3) is 0 Å². The van der Waals surface area contributed by atoms with Crippen molar-refractivity contribution in [2.45, 2.75) is 17.2 Å². The second-order valence-electron chi connectivity index (χ2n) is 3.34. The number of aliphatic carboxylic acids is 1. The van der Waals surface area contributed by atoms with Crippen LogP contribution in [0.1, 0.15) is 5.56 Å². The van der Waals surface area contributed by atoms with E-state index in [0.29, 0.717) is 6.07 Å². The van der Waals surface area contributed by atoms with Crippen LogP contribution in [0.25, 0.3) is 0 Å². The Hall–Kier alpha value is -1.82. The average molecular weight is 339 g/mol. The molecule has 21 heavy (non-hydrogen) atoms. The fourth-order valence-corrected chi connectivity index (χ4v) is 1.71. The number of primary sulfonamides is 1. The number of alkyl halides is 6. The lowest BCUT2D eigenvalue weighted by Crippen LogP contribution is -2.21. The molecular weight excluding hydrogens is 332 g/mol. The van der Waals surface area contributed by atoms with Crippen LogP contribution in [0, 0.1) is 0 Å². The molecule has 0 saturated carbocycles. The van der Waals surface area contributed by atoms with E-state index in [2.05, 4.69) is 5.14 Å². The summed E-state index contributed by atoms with van der Waals surface area (Å²) in [5.41, 5.74) is -1.25. The maximum absolute atomic E-state index is 12.3. The lowest BCUT2D eigenvalue weighted by molar-refractivity contribution is -0.192. The van der Waals surface area contributed by atoms with E-state index in [1.165, 1.54) is 6.07 Å². The zero-order valence-corrected chi connectivity index (χ0v) is 10.6. The summed E-state index contributed by atoms with van der Waals surface area (Å²) in [6, 6.07) is 3.75. The van der Waals surface area contributed by atoms with Gasteiger partial charge in [0.1, 0.15) is 0 Å². The lowest BCUT2D eigenvalue weighted by atomic mass is 10.2. The van der Waals surface area contributed by atoms with Gasteiger partial charge in [-0.1, -0.05) is 12.1 Å². The Morgan fingerprint density at radius 1 is 1.05 bits per heavy atom. The van der Waals surface area contributed by atoms with Gasteiger partial charge in [-0.15, -0.1) is 0 Å². The van der Waals surface area contributed by atoms with E-state index < -0.39 is 38.8 Å². The van der Waals surface area contributed by atoms with Crippen molar-refractivity contribution in [2.24, 2.45) is 5.14 Å². The van der Waals surface area contributed by atoms with Crippen molar-refractivity contribution >= 4 is 16.0 Å². The van der Waals surface area contributed by atoms with Gasteiger partial charge in [-0.3, -0.25) is 0 Å². The van der Waals surface area contributed by atoms with E-state index in [0.717, 1.165) is 12.1 Å². The Balaban J connectivity index is 0.000000486. The van der Waals surface area contributed by atoms with Crippen LogP contribution < -0.4 is 5.14 Å². The first kappa shape index (κ1) is 19.2. The monoisotopic (exact) mass is 339 g/mol. The van der Waals surface area contributed by atoms with Gasteiger partial charge in [0, 0.05) is 0 Å². The standard InChI is InChI=1S/C7H6F3NO2S.C2HF3O2/c8-7(9,10)5-3-1-2-4-6(5)14(11,12)13;3-2(4,5)1(6)7/h1-4H,(H2,11,12,13);(H,6,7). The van der Waals surface area contributed by atoms with Crippen molar-refractivity contribution in [1.82, 2.24) is 0 Å². The second kappa shape index (κ2) is 6.30. The molecule has 3 N–H and O–H groups in total. The fourth-order valence-electron chi connectivity index (χ4n) is 0.949. The number of nitrogens with two attached hydrogens (primary N) is 1. The molecule has 1 rings (SSSR count). The first-order chi connectivity index (χ1) is 9.17. The summed E-state index contributed by atoms with van der Waals surface area (Å²) in [5.74, 6) is -2.76. The summed E-state index contributed by atoms with van der Waals surface area (Å²) in [4.78, 5) is 7.99. The largest absolute Gasteiger partial charge is 0.490 e. The minimum absolute atomic E-state index is 0.666. The van der Waals surface area contributed by atoms with E-state index in [1.807, 2.05) is 0 Å². The highest BCUT2D eigenvalue weighted by molar-refractivity contribution is 7.89. The van der Waals surface area contributed by atoms with Crippen LogP contribution in [-0.4, -0.2) is 25.7 Å². The molecule has 0 saturated heterocycles. The van der Waals surface area contributed by atoms with Crippen molar-refractivity contribution in [2.75, 3.05) is 0 Å². The highest BCUT2D eigenvalue weighted by Crippen LogP contribution is 2.33. The number of benzene rings is 1. The molecule has 1 aromatic carbocycles. The number of carboxylic acid groups (broad SMARTS) is 1. The average Bonchev–Trinajstić information content (AvgIpc) is 2.26. The molecule has 0 aromatic heterocycles. The Labute approximate surface area is 114 Å². The molecule has 5 nitrogen and oxygen atoms in total. The summed E-state index contributed by atoms with van der Waals surface area (Å²) in [6.45, 7) is 0. The summed E-state index contributed by atoms with van der Waals surface area (Å²) < 4.78 is 90.1. The van der Waals surface area contributed by atoms with Crippen LogP contribution in [0.4, 0.5) is 26.3 Å². The van der Waals surface area contributed by atoms with Gasteiger partial charge in [-0.05, 0) is 12.1 Å². The lowest BCUT2D eigenvalue weighted by Gasteiger charge is -2.10. The topological polar surface area (TPSA) is 97.5 Å². The summed E-state index contributed by atoms with van der Waals surface area (Å²) >= 11 is 0. The molecule has 0 bridgehead atoms. The number of rotatable bonds is 1. The number of hydrogen-bond acceptors (Lipinski definition) is 3. The summed E-state index contributed by atoms with van der Waals surface area (Å²) in [5, 5.41) is 11.8. The van der Waals surface area contributed by atoms with Gasteiger partial charge in [0.15, 0.2) is 0 Å². The van der Waals surface area contributed by atoms with Crippen molar-refractivity contribution in [1.29, 1.82) is 0 Å². The normalized spacial score (nSPS) is 12.3. The molecule has 120 valence electrons. The molecule has 0 amide bonds. The van der Waals surface area contributed by atoms with E-state index in [-0.39, 0.29) is 0 Å². The zero-order valence-electron chi connectivity index (χ0n) is 9.73. The predicted molar refractivity (Wildman–Crippen MR) is 56.5 cm³/mol. The van der Waals surface area contributed by atoms with Gasteiger partial charge in [-0.2, -0.15) is 26.3 Å². The Morgan fingerprint density at radius 3 is 1.67 bits per heavy atom. The van der Waals surface area contributed by atoms with Crippen LogP contribution in [0.3, 0.4) is 0 Å². The van der Waals surface area contributed by atoms with Crippen LogP contribution in [0.2, 0.25) is 0 Å². The van der Waals surface area contributed by atoms with Gasteiger partial charge >= 0.3 is 18.3 Å². The molecule has 0 atom stereocenters. The molecule has 0 aliphatic carbocycles. The van der Waals surface area contributed by atoms with Crippen LogP contribution in [-0.2, 0) is 21.0 Å². The molecule has 0 spiro atoms. The van der Waals surface area contributed by atoms with Crippen molar-refractivity contribution in [3.63, 3.8) is 0 Å². The molecule has 1 aromatic rings. The number of carbonyl (C=O) groups is 1. The highest BCUT2D eigenvalue weighted by Gasteiger charge is 2.38. The third-order valence-electron chi connectivity index (χ3n) is 1.74. The minimum Gasteiger partial charge on any atom is -0.475 e. The maximum Gasteiger partial charge on any atom is 0.490 e. The first-order valence-corrected chi connectivity index (χ1v) is 6.21.